The van der Waals surface area contributed by atoms with Crippen LogP contribution in [0, 0.1) is 12.3 Å². The van der Waals surface area contributed by atoms with E-state index in [0.717, 1.165) is 0 Å². The van der Waals surface area contributed by atoms with Crippen LogP contribution in [0.25, 0.3) is 16.8 Å². The van der Waals surface area contributed by atoms with Gasteiger partial charge < -0.3 is 0 Å². The van der Waals surface area contributed by atoms with Crippen molar-refractivity contribution in [2.75, 3.05) is 0 Å². The van der Waals surface area contributed by atoms with E-state index in [4.69, 9.17) is 4.99 Å². The highest BCUT2D eigenvalue weighted by Gasteiger charge is 2.55. The summed E-state index contributed by atoms with van der Waals surface area (Å²) in [6.45, 7) is 11.9. The quantitative estimate of drug-likeness (QED) is 0.414. The Morgan fingerprint density at radius 3 is 2.20 bits per heavy atom. The highest BCUT2D eigenvalue weighted by atomic mass is 14.8. The third kappa shape index (κ3) is 1.96. The molecule has 0 spiro atoms. The Morgan fingerprint density at radius 1 is 0.733 bits per heavy atom. The van der Waals surface area contributed by atoms with Gasteiger partial charge in [-0.3, -0.25) is 4.99 Å². The van der Waals surface area contributed by atoms with Gasteiger partial charge in [0.25, 0.3) is 0 Å². The lowest BCUT2D eigenvalue weighted by Gasteiger charge is -2.52. The van der Waals surface area contributed by atoms with Gasteiger partial charge in [0.2, 0.25) is 0 Å². The molecular formula is C29H27N. The molecule has 3 aromatic carbocycles. The maximum Gasteiger partial charge on any atom is 0.0713 e. The number of nitrogens with zero attached hydrogens (tertiary/aromatic N) is 1. The smallest absolute Gasteiger partial charge is 0.0713 e. The topological polar surface area (TPSA) is 12.4 Å². The fraction of sp³-hybridized carbons (Fsp3) is 0.276. The van der Waals surface area contributed by atoms with E-state index in [0.29, 0.717) is 0 Å². The second kappa shape index (κ2) is 5.60. The normalized spacial score (nSPS) is 21.8. The Balaban J connectivity index is 1.81. The number of benzene rings is 3. The molecule has 1 atom stereocenters. The maximum atomic E-state index is 5.42. The van der Waals surface area contributed by atoms with Crippen molar-refractivity contribution < 1.29 is 0 Å². The van der Waals surface area contributed by atoms with Gasteiger partial charge in [0.1, 0.15) is 0 Å². The molecule has 1 heterocycles. The molecule has 1 aliphatic heterocycles. The van der Waals surface area contributed by atoms with Crippen molar-refractivity contribution in [2.24, 2.45) is 10.4 Å². The molecule has 0 bridgehead atoms. The van der Waals surface area contributed by atoms with Gasteiger partial charge in [0.05, 0.1) is 17.3 Å². The first kappa shape index (κ1) is 17.9. The highest BCUT2D eigenvalue weighted by Crippen LogP contribution is 2.64. The van der Waals surface area contributed by atoms with Crippen LogP contribution in [-0.4, -0.2) is 5.71 Å². The van der Waals surface area contributed by atoms with Crippen LogP contribution < -0.4 is 0 Å². The fourth-order valence-electron chi connectivity index (χ4n) is 6.03. The molecule has 30 heavy (non-hydrogen) atoms. The molecule has 1 unspecified atom stereocenters. The van der Waals surface area contributed by atoms with E-state index in [9.17, 15) is 0 Å². The molecule has 1 nitrogen and oxygen atoms in total. The van der Waals surface area contributed by atoms with Crippen molar-refractivity contribution in [3.63, 3.8) is 0 Å². The molecule has 3 aromatic rings. The van der Waals surface area contributed by atoms with Crippen molar-refractivity contribution in [3.8, 4) is 11.1 Å². The number of allylic oxidation sites excluding steroid dienone is 1. The molecule has 6 rings (SSSR count). The lowest BCUT2D eigenvalue weighted by atomic mass is 9.50. The lowest BCUT2D eigenvalue weighted by molar-refractivity contribution is 0.229. The molecule has 0 amide bonds. The summed E-state index contributed by atoms with van der Waals surface area (Å²) >= 11 is 0. The van der Waals surface area contributed by atoms with Gasteiger partial charge in [-0.25, -0.2) is 0 Å². The van der Waals surface area contributed by atoms with Gasteiger partial charge in [-0.15, -0.1) is 0 Å². The summed E-state index contributed by atoms with van der Waals surface area (Å²) in [6, 6.07) is 24.4. The van der Waals surface area contributed by atoms with Crippen LogP contribution in [0.2, 0.25) is 0 Å². The summed E-state index contributed by atoms with van der Waals surface area (Å²) in [5, 5.41) is 0. The number of aryl methyl sites for hydroxylation is 1. The zero-order valence-electron chi connectivity index (χ0n) is 18.4. The van der Waals surface area contributed by atoms with E-state index in [2.05, 4.69) is 101 Å². The van der Waals surface area contributed by atoms with E-state index in [1.807, 2.05) is 0 Å². The van der Waals surface area contributed by atoms with E-state index >= 15 is 0 Å². The summed E-state index contributed by atoms with van der Waals surface area (Å²) in [4.78, 5) is 5.42. The maximum absolute atomic E-state index is 5.42. The fourth-order valence-corrected chi connectivity index (χ4v) is 6.03. The molecule has 3 aliphatic rings. The Morgan fingerprint density at radius 2 is 1.43 bits per heavy atom. The Kier molecular flexibility index (Phi) is 3.34. The summed E-state index contributed by atoms with van der Waals surface area (Å²) in [5.74, 6) is 0.253. The second-order valence-electron chi connectivity index (χ2n) is 10.1. The molecular weight excluding hydrogens is 362 g/mol. The monoisotopic (exact) mass is 389 g/mol. The Bertz CT molecular complexity index is 1290. The van der Waals surface area contributed by atoms with Crippen LogP contribution in [0.4, 0.5) is 0 Å². The second-order valence-corrected chi connectivity index (χ2v) is 10.1. The number of aliphatic imine (C=N–C) groups is 1. The number of fused-ring (bicyclic) bond motifs is 3. The minimum atomic E-state index is -0.0140. The summed E-state index contributed by atoms with van der Waals surface area (Å²) in [6.07, 6.45) is 0. The highest BCUT2D eigenvalue weighted by molar-refractivity contribution is 6.21. The van der Waals surface area contributed by atoms with Crippen LogP contribution >= 0.6 is 0 Å². The van der Waals surface area contributed by atoms with Crippen molar-refractivity contribution in [1.29, 1.82) is 0 Å². The minimum absolute atomic E-state index is 0.0104. The molecule has 0 saturated heterocycles. The van der Waals surface area contributed by atoms with Crippen LogP contribution in [0.15, 0.2) is 77.3 Å². The largest absolute Gasteiger partial charge is 0.251 e. The molecule has 0 aromatic heterocycles. The van der Waals surface area contributed by atoms with Gasteiger partial charge >= 0.3 is 0 Å². The summed E-state index contributed by atoms with van der Waals surface area (Å²) in [7, 11) is 0. The number of rotatable bonds is 1. The molecule has 2 aliphatic carbocycles. The minimum Gasteiger partial charge on any atom is -0.251 e. The van der Waals surface area contributed by atoms with E-state index in [-0.39, 0.29) is 16.7 Å². The molecule has 0 N–H and O–H groups in total. The molecule has 0 saturated carbocycles. The predicted molar refractivity (Wildman–Crippen MR) is 126 cm³/mol. The van der Waals surface area contributed by atoms with Crippen molar-refractivity contribution >= 4 is 11.4 Å². The van der Waals surface area contributed by atoms with Gasteiger partial charge in [-0.2, -0.15) is 0 Å². The first-order chi connectivity index (χ1) is 14.3. The zero-order chi connectivity index (χ0) is 20.8. The molecule has 148 valence electrons. The average Bonchev–Trinajstić information content (AvgIpc) is 3.14. The van der Waals surface area contributed by atoms with Gasteiger partial charge in [-0.1, -0.05) is 94.4 Å². The third-order valence-electron chi connectivity index (χ3n) is 8.22. The Labute approximate surface area is 179 Å². The van der Waals surface area contributed by atoms with Crippen LogP contribution in [0.5, 0.6) is 0 Å². The average molecular weight is 390 g/mol. The number of hydrogen-bond acceptors (Lipinski definition) is 1. The van der Waals surface area contributed by atoms with Crippen LogP contribution in [0.3, 0.4) is 0 Å². The predicted octanol–water partition coefficient (Wildman–Crippen LogP) is 7.29. The third-order valence-corrected chi connectivity index (χ3v) is 8.22. The first-order valence-corrected chi connectivity index (χ1v) is 11.0. The summed E-state index contributed by atoms with van der Waals surface area (Å²) < 4.78 is 0. The van der Waals surface area contributed by atoms with Crippen LogP contribution in [0.1, 0.15) is 61.4 Å². The van der Waals surface area contributed by atoms with E-state index < -0.39 is 0 Å². The van der Waals surface area contributed by atoms with E-state index in [1.54, 1.807) is 0 Å². The van der Waals surface area contributed by atoms with Crippen molar-refractivity contribution in [2.45, 2.75) is 46.0 Å². The molecule has 0 fully saturated rings. The van der Waals surface area contributed by atoms with Gasteiger partial charge in [0, 0.05) is 11.1 Å². The SMILES string of the molecule is Cc1cccc2c1C1=NC(c3ccccc3)=C3C1c1c-2cccc1C(C)(C)C3(C)C. The van der Waals surface area contributed by atoms with E-state index in [1.165, 1.54) is 55.9 Å². The standard InChI is InChI=1S/C29H27N/c1-17-11-9-14-19-20-15-10-16-21-23(20)24-25(29(4,5)28(21,2)3)26(30-27(24)22(17)19)18-12-7-6-8-13-18/h6-16,24H,1-5H3. The zero-order valence-corrected chi connectivity index (χ0v) is 18.4. The van der Waals surface area contributed by atoms with Crippen molar-refractivity contribution in [1.82, 2.24) is 0 Å². The molecule has 0 radical (unpaired) electrons. The molecule has 1 heteroatoms. The lowest BCUT2D eigenvalue weighted by Crippen LogP contribution is -2.46. The first-order valence-electron chi connectivity index (χ1n) is 11.0. The number of hydrogen-bond donors (Lipinski definition) is 0. The van der Waals surface area contributed by atoms with Gasteiger partial charge in [0.15, 0.2) is 0 Å². The van der Waals surface area contributed by atoms with Gasteiger partial charge in [-0.05, 0) is 51.1 Å². The summed E-state index contributed by atoms with van der Waals surface area (Å²) in [5.41, 5.74) is 13.5. The van der Waals surface area contributed by atoms with Crippen molar-refractivity contribution in [3.05, 3.63) is 100 Å². The Hall–Kier alpha value is -2.93. The van der Waals surface area contributed by atoms with Crippen LogP contribution in [-0.2, 0) is 5.41 Å².